The van der Waals surface area contributed by atoms with Crippen LogP contribution in [0, 0.1) is 13.8 Å². The molecule has 2 aromatic carbocycles. The van der Waals surface area contributed by atoms with Crippen molar-refractivity contribution in [2.24, 2.45) is 0 Å². The minimum absolute atomic E-state index is 1.19. The van der Waals surface area contributed by atoms with E-state index in [9.17, 15) is 0 Å². The molecule has 2 aromatic rings. The molecule has 0 saturated carbocycles. The first-order chi connectivity index (χ1) is 13.7. The molecule has 146 valence electrons. The van der Waals surface area contributed by atoms with Gasteiger partial charge in [-0.1, -0.05) is 30.9 Å². The topological polar surface area (TPSA) is 6.48 Å². The highest BCUT2D eigenvalue weighted by atomic mass is 15.1. The molecule has 2 fully saturated rings. The zero-order valence-corrected chi connectivity index (χ0v) is 17.4. The van der Waals surface area contributed by atoms with Crippen molar-refractivity contribution < 1.29 is 0 Å². The minimum Gasteiger partial charge on any atom is -0.372 e. The van der Waals surface area contributed by atoms with Gasteiger partial charge in [-0.3, -0.25) is 0 Å². The lowest BCUT2D eigenvalue weighted by molar-refractivity contribution is 0.949. The summed E-state index contributed by atoms with van der Waals surface area (Å²) in [6.45, 7) is 13.2. The van der Waals surface area contributed by atoms with Crippen LogP contribution in [0.15, 0.2) is 55.1 Å². The second kappa shape index (κ2) is 8.26. The van der Waals surface area contributed by atoms with Gasteiger partial charge < -0.3 is 9.80 Å². The first-order valence-electron chi connectivity index (χ1n) is 10.7. The summed E-state index contributed by atoms with van der Waals surface area (Å²) in [7, 11) is 0. The second-order valence-corrected chi connectivity index (χ2v) is 8.20. The number of hydrogen-bond donors (Lipinski definition) is 0. The highest BCUT2D eigenvalue weighted by Crippen LogP contribution is 2.33. The minimum atomic E-state index is 1.19. The van der Waals surface area contributed by atoms with E-state index in [0.29, 0.717) is 0 Å². The fourth-order valence-electron chi connectivity index (χ4n) is 4.69. The zero-order valence-electron chi connectivity index (χ0n) is 17.4. The summed E-state index contributed by atoms with van der Waals surface area (Å²) < 4.78 is 0. The number of rotatable bonds is 5. The van der Waals surface area contributed by atoms with E-state index in [1.165, 1.54) is 91.1 Å². The molecule has 0 spiro atoms. The molecule has 0 aromatic heterocycles. The van der Waals surface area contributed by atoms with Crippen molar-refractivity contribution in [3.8, 4) is 0 Å². The lowest BCUT2D eigenvalue weighted by Gasteiger charge is -2.22. The summed E-state index contributed by atoms with van der Waals surface area (Å²) in [6.07, 6.45) is 9.32. The summed E-state index contributed by atoms with van der Waals surface area (Å²) in [5.74, 6) is 0. The number of hydrogen-bond acceptors (Lipinski definition) is 2. The predicted octanol–water partition coefficient (Wildman–Crippen LogP) is 6.12. The normalized spacial score (nSPS) is 16.5. The molecule has 0 amide bonds. The van der Waals surface area contributed by atoms with Crippen LogP contribution in [0.4, 0.5) is 11.4 Å². The molecule has 2 aliphatic rings. The smallest absolute Gasteiger partial charge is 0.0369 e. The van der Waals surface area contributed by atoms with Crippen molar-refractivity contribution >= 4 is 16.9 Å². The third-order valence-corrected chi connectivity index (χ3v) is 6.23. The van der Waals surface area contributed by atoms with E-state index in [0.717, 1.165) is 0 Å². The predicted molar refractivity (Wildman–Crippen MR) is 123 cm³/mol. The van der Waals surface area contributed by atoms with Crippen LogP contribution in [-0.4, -0.2) is 26.2 Å². The Kier molecular flexibility index (Phi) is 5.57. The third kappa shape index (κ3) is 3.73. The number of anilines is 2. The Morgan fingerprint density at radius 3 is 1.54 bits per heavy atom. The van der Waals surface area contributed by atoms with E-state index >= 15 is 0 Å². The number of nitrogens with zero attached hydrogens (tertiary/aromatic N) is 2. The molecule has 2 saturated heterocycles. The Morgan fingerprint density at radius 1 is 0.750 bits per heavy atom. The highest BCUT2D eigenvalue weighted by molar-refractivity contribution is 5.85. The monoisotopic (exact) mass is 372 g/mol. The van der Waals surface area contributed by atoms with Gasteiger partial charge in [0.25, 0.3) is 0 Å². The van der Waals surface area contributed by atoms with E-state index in [1.807, 2.05) is 6.08 Å². The molecule has 0 unspecified atom stereocenters. The summed E-state index contributed by atoms with van der Waals surface area (Å²) in [5.41, 5.74) is 9.27. The molecule has 0 aliphatic carbocycles. The van der Waals surface area contributed by atoms with Gasteiger partial charge in [0.05, 0.1) is 0 Å². The third-order valence-electron chi connectivity index (χ3n) is 6.23. The molecule has 28 heavy (non-hydrogen) atoms. The number of allylic oxidation sites excluding steroid dienone is 2. The van der Waals surface area contributed by atoms with Crippen LogP contribution < -0.4 is 9.80 Å². The van der Waals surface area contributed by atoms with E-state index in [1.54, 1.807) is 0 Å². The Morgan fingerprint density at radius 2 is 1.18 bits per heavy atom. The Bertz CT molecular complexity index is 814. The molecular formula is C26H32N2. The summed E-state index contributed by atoms with van der Waals surface area (Å²) in [6, 6.07) is 13.9. The van der Waals surface area contributed by atoms with E-state index in [2.05, 4.69) is 72.7 Å². The Balaban J connectivity index is 1.67. The van der Waals surface area contributed by atoms with Crippen molar-refractivity contribution in [2.45, 2.75) is 39.5 Å². The maximum Gasteiger partial charge on any atom is 0.0369 e. The fourth-order valence-corrected chi connectivity index (χ4v) is 4.69. The Labute approximate surface area is 170 Å². The fraction of sp³-hybridized carbons (Fsp3) is 0.385. The largest absolute Gasteiger partial charge is 0.372 e. The maximum atomic E-state index is 3.98. The van der Waals surface area contributed by atoms with Gasteiger partial charge in [0.1, 0.15) is 0 Å². The molecule has 2 nitrogen and oxygen atoms in total. The first kappa shape index (κ1) is 18.9. The molecule has 0 bridgehead atoms. The average Bonchev–Trinajstić information content (AvgIpc) is 3.40. The van der Waals surface area contributed by atoms with Crippen molar-refractivity contribution in [2.75, 3.05) is 36.0 Å². The van der Waals surface area contributed by atoms with Crippen LogP contribution in [0.1, 0.15) is 47.9 Å². The summed E-state index contributed by atoms with van der Waals surface area (Å²) in [5, 5.41) is 0. The lowest BCUT2D eigenvalue weighted by atomic mass is 9.90. The molecule has 0 radical (unpaired) electrons. The quantitative estimate of drug-likeness (QED) is 0.583. The molecule has 2 heterocycles. The van der Waals surface area contributed by atoms with Gasteiger partial charge in [-0.25, -0.2) is 0 Å². The van der Waals surface area contributed by atoms with E-state index in [-0.39, 0.29) is 0 Å². The van der Waals surface area contributed by atoms with Crippen LogP contribution >= 0.6 is 0 Å². The molecule has 0 atom stereocenters. The van der Waals surface area contributed by atoms with Crippen LogP contribution in [-0.2, 0) is 0 Å². The lowest BCUT2D eigenvalue weighted by Crippen LogP contribution is -2.18. The van der Waals surface area contributed by atoms with Gasteiger partial charge >= 0.3 is 0 Å². The molecule has 2 aliphatic heterocycles. The van der Waals surface area contributed by atoms with Crippen molar-refractivity contribution in [3.63, 3.8) is 0 Å². The number of aryl methyl sites for hydroxylation is 2. The standard InChI is InChI=1S/C26H32N2/c1-4-9-26(24-12-10-22(18-20(24)2)27-14-5-6-15-27)25-13-11-23(19-21(25)3)28-16-7-8-17-28/h4,9-13,18-19H,1,5-8,14-17H2,2-3H3. The van der Waals surface area contributed by atoms with Crippen molar-refractivity contribution in [1.82, 2.24) is 0 Å². The van der Waals surface area contributed by atoms with Gasteiger partial charge in [-0.15, -0.1) is 0 Å². The summed E-state index contributed by atoms with van der Waals surface area (Å²) >= 11 is 0. The second-order valence-electron chi connectivity index (χ2n) is 8.20. The molecule has 4 rings (SSSR count). The molecule has 0 N–H and O–H groups in total. The maximum absolute atomic E-state index is 3.98. The van der Waals surface area contributed by atoms with Crippen molar-refractivity contribution in [1.29, 1.82) is 0 Å². The Hall–Kier alpha value is -2.48. The molecule has 2 heteroatoms. The summed E-state index contributed by atoms with van der Waals surface area (Å²) in [4.78, 5) is 5.01. The van der Waals surface area contributed by atoms with Crippen molar-refractivity contribution in [3.05, 3.63) is 77.4 Å². The van der Waals surface area contributed by atoms with Crippen LogP contribution in [0.5, 0.6) is 0 Å². The highest BCUT2D eigenvalue weighted by Gasteiger charge is 2.17. The zero-order chi connectivity index (χ0) is 19.5. The van der Waals surface area contributed by atoms with Gasteiger partial charge in [0.15, 0.2) is 0 Å². The van der Waals surface area contributed by atoms with Crippen LogP contribution in [0.3, 0.4) is 0 Å². The van der Waals surface area contributed by atoms with E-state index in [4.69, 9.17) is 0 Å². The van der Waals surface area contributed by atoms with Gasteiger partial charge in [0.2, 0.25) is 0 Å². The van der Waals surface area contributed by atoms with Gasteiger partial charge in [-0.2, -0.15) is 0 Å². The van der Waals surface area contributed by atoms with Crippen LogP contribution in [0.2, 0.25) is 0 Å². The van der Waals surface area contributed by atoms with Crippen LogP contribution in [0.25, 0.3) is 5.57 Å². The molecular weight excluding hydrogens is 340 g/mol. The van der Waals surface area contributed by atoms with Gasteiger partial charge in [-0.05, 0) is 91.6 Å². The average molecular weight is 373 g/mol. The van der Waals surface area contributed by atoms with Gasteiger partial charge in [0, 0.05) is 37.6 Å². The number of benzene rings is 2. The first-order valence-corrected chi connectivity index (χ1v) is 10.7. The van der Waals surface area contributed by atoms with E-state index < -0.39 is 0 Å². The SMILES string of the molecule is C=CC=C(c1ccc(N2CCCC2)cc1C)c1ccc(N2CCCC2)cc1C.